The number of anilines is 1. The van der Waals surface area contributed by atoms with Gasteiger partial charge in [0.05, 0.1) is 28.6 Å². The molecule has 0 aliphatic rings. The molecule has 0 aliphatic heterocycles. The molecule has 0 bridgehead atoms. The Morgan fingerprint density at radius 2 is 1.88 bits per heavy atom. The van der Waals surface area contributed by atoms with Crippen LogP contribution in [-0.4, -0.2) is 33.7 Å². The van der Waals surface area contributed by atoms with E-state index in [1.54, 1.807) is 12.1 Å². The first-order valence-corrected chi connectivity index (χ1v) is 8.77. The number of nitrogens with one attached hydrogen (secondary N) is 1. The monoisotopic (exact) mass is 368 g/mol. The van der Waals surface area contributed by atoms with Crippen molar-refractivity contribution in [2.45, 2.75) is 19.5 Å². The normalized spacial score (nSPS) is 12.2. The van der Waals surface area contributed by atoms with E-state index in [1.807, 2.05) is 78.4 Å². The van der Waals surface area contributed by atoms with Crippen molar-refractivity contribution in [3.63, 3.8) is 0 Å². The van der Waals surface area contributed by atoms with Gasteiger partial charge < -0.3 is 5.32 Å². The van der Waals surface area contributed by atoms with Crippen LogP contribution in [0.25, 0.3) is 5.69 Å². The van der Waals surface area contributed by atoms with Crippen LogP contribution in [0.1, 0.15) is 12.5 Å². The number of aromatic nitrogens is 2. The summed E-state index contributed by atoms with van der Waals surface area (Å²) in [5.74, 6) is -0.101. The van der Waals surface area contributed by atoms with Crippen molar-refractivity contribution in [2.75, 3.05) is 12.4 Å². The van der Waals surface area contributed by atoms with Crippen LogP contribution in [0.5, 0.6) is 0 Å². The molecule has 1 aromatic heterocycles. The number of amides is 1. The summed E-state index contributed by atoms with van der Waals surface area (Å²) in [5, 5.41) is 7.80. The van der Waals surface area contributed by atoms with Crippen molar-refractivity contribution in [3.05, 3.63) is 77.6 Å². The van der Waals surface area contributed by atoms with Crippen LogP contribution in [0.2, 0.25) is 5.02 Å². The van der Waals surface area contributed by atoms with Crippen molar-refractivity contribution in [2.24, 2.45) is 0 Å². The van der Waals surface area contributed by atoms with Gasteiger partial charge >= 0.3 is 0 Å². The molecule has 0 saturated heterocycles. The standard InChI is InChI=1S/C20H21ClN4O/c1-15(20(26)23-19-11-7-6-10-18(19)21)24(2)13-16-12-22-25(14-16)17-8-4-3-5-9-17/h3-12,14-15H,13H2,1-2H3,(H,23,26)/t15-/m1/s1. The second-order valence-electron chi connectivity index (χ2n) is 6.19. The van der Waals surface area contributed by atoms with Crippen LogP contribution in [-0.2, 0) is 11.3 Å². The van der Waals surface area contributed by atoms with Gasteiger partial charge in [0, 0.05) is 18.3 Å². The lowest BCUT2D eigenvalue weighted by Crippen LogP contribution is -2.39. The predicted molar refractivity (Wildman–Crippen MR) is 105 cm³/mol. The Bertz CT molecular complexity index is 878. The van der Waals surface area contributed by atoms with Crippen molar-refractivity contribution in [3.8, 4) is 5.69 Å². The molecule has 134 valence electrons. The van der Waals surface area contributed by atoms with Crippen LogP contribution in [0.3, 0.4) is 0 Å². The quantitative estimate of drug-likeness (QED) is 0.715. The van der Waals surface area contributed by atoms with E-state index in [-0.39, 0.29) is 11.9 Å². The van der Waals surface area contributed by atoms with Gasteiger partial charge in [0.15, 0.2) is 0 Å². The zero-order valence-electron chi connectivity index (χ0n) is 14.8. The summed E-state index contributed by atoms with van der Waals surface area (Å²) in [6.45, 7) is 2.48. The predicted octanol–water partition coefficient (Wildman–Crippen LogP) is 3.98. The number of hydrogen-bond donors (Lipinski definition) is 1. The highest BCUT2D eigenvalue weighted by atomic mass is 35.5. The summed E-state index contributed by atoms with van der Waals surface area (Å²) in [7, 11) is 1.91. The molecule has 0 radical (unpaired) electrons. The smallest absolute Gasteiger partial charge is 0.241 e. The molecule has 0 fully saturated rings. The molecule has 1 heterocycles. The third-order valence-electron chi connectivity index (χ3n) is 4.26. The lowest BCUT2D eigenvalue weighted by Gasteiger charge is -2.23. The summed E-state index contributed by atoms with van der Waals surface area (Å²) in [5.41, 5.74) is 2.66. The number of benzene rings is 2. The number of likely N-dealkylation sites (N-methyl/N-ethyl adjacent to an activating group) is 1. The van der Waals surface area contributed by atoms with E-state index in [1.165, 1.54) is 0 Å². The largest absolute Gasteiger partial charge is 0.323 e. The molecular formula is C20H21ClN4O. The third kappa shape index (κ3) is 4.31. The van der Waals surface area contributed by atoms with Crippen LogP contribution >= 0.6 is 11.6 Å². The highest BCUT2D eigenvalue weighted by Crippen LogP contribution is 2.21. The van der Waals surface area contributed by atoms with E-state index in [9.17, 15) is 4.79 Å². The number of rotatable bonds is 6. The van der Waals surface area contributed by atoms with E-state index in [2.05, 4.69) is 10.4 Å². The van der Waals surface area contributed by atoms with Gasteiger partial charge in [0.25, 0.3) is 0 Å². The molecule has 3 aromatic rings. The molecule has 1 atom stereocenters. The van der Waals surface area contributed by atoms with Gasteiger partial charge in [-0.2, -0.15) is 5.10 Å². The molecule has 1 N–H and O–H groups in total. The number of halogens is 1. The molecule has 2 aromatic carbocycles. The summed E-state index contributed by atoms with van der Waals surface area (Å²) >= 11 is 6.10. The van der Waals surface area contributed by atoms with E-state index < -0.39 is 0 Å². The highest BCUT2D eigenvalue weighted by molar-refractivity contribution is 6.33. The second kappa shape index (κ2) is 8.17. The first-order valence-electron chi connectivity index (χ1n) is 8.39. The van der Waals surface area contributed by atoms with E-state index >= 15 is 0 Å². The Morgan fingerprint density at radius 3 is 2.62 bits per heavy atom. The molecule has 1 amide bonds. The van der Waals surface area contributed by atoms with Gasteiger partial charge in [-0.15, -0.1) is 0 Å². The van der Waals surface area contributed by atoms with Crippen LogP contribution in [0.4, 0.5) is 5.69 Å². The van der Waals surface area contributed by atoms with Crippen LogP contribution in [0, 0.1) is 0 Å². The molecule has 0 saturated carbocycles. The Labute approximate surface area is 158 Å². The number of para-hydroxylation sites is 2. The maximum atomic E-state index is 12.5. The first kappa shape index (κ1) is 18.2. The number of carbonyl (C=O) groups is 1. The minimum Gasteiger partial charge on any atom is -0.323 e. The second-order valence-corrected chi connectivity index (χ2v) is 6.60. The minimum atomic E-state index is -0.314. The summed E-state index contributed by atoms with van der Waals surface area (Å²) in [6.07, 6.45) is 3.80. The summed E-state index contributed by atoms with van der Waals surface area (Å²) in [6, 6.07) is 16.8. The fourth-order valence-electron chi connectivity index (χ4n) is 2.59. The Hall–Kier alpha value is -2.63. The zero-order valence-corrected chi connectivity index (χ0v) is 15.5. The minimum absolute atomic E-state index is 0.101. The fraction of sp³-hybridized carbons (Fsp3) is 0.200. The molecular weight excluding hydrogens is 348 g/mol. The lowest BCUT2D eigenvalue weighted by atomic mass is 10.2. The average molecular weight is 369 g/mol. The van der Waals surface area contributed by atoms with E-state index in [0.29, 0.717) is 17.3 Å². The molecule has 3 rings (SSSR count). The zero-order chi connectivity index (χ0) is 18.5. The third-order valence-corrected chi connectivity index (χ3v) is 4.59. The van der Waals surface area contributed by atoms with Crippen LogP contribution in [0.15, 0.2) is 67.0 Å². The molecule has 5 nitrogen and oxygen atoms in total. The fourth-order valence-corrected chi connectivity index (χ4v) is 2.77. The summed E-state index contributed by atoms with van der Waals surface area (Å²) in [4.78, 5) is 14.5. The topological polar surface area (TPSA) is 50.2 Å². The van der Waals surface area contributed by atoms with Crippen molar-refractivity contribution >= 4 is 23.2 Å². The van der Waals surface area contributed by atoms with Gasteiger partial charge in [-0.05, 0) is 38.2 Å². The Morgan fingerprint density at radius 1 is 1.19 bits per heavy atom. The van der Waals surface area contributed by atoms with Crippen LogP contribution < -0.4 is 5.32 Å². The number of carbonyl (C=O) groups excluding carboxylic acids is 1. The van der Waals surface area contributed by atoms with Crippen molar-refractivity contribution < 1.29 is 4.79 Å². The first-order chi connectivity index (χ1) is 12.5. The van der Waals surface area contributed by atoms with Gasteiger partial charge in [-0.25, -0.2) is 4.68 Å². The molecule has 26 heavy (non-hydrogen) atoms. The van der Waals surface area contributed by atoms with E-state index in [4.69, 9.17) is 11.6 Å². The lowest BCUT2D eigenvalue weighted by molar-refractivity contribution is -0.120. The Kier molecular flexibility index (Phi) is 5.71. The number of hydrogen-bond acceptors (Lipinski definition) is 3. The number of nitrogens with zero attached hydrogens (tertiary/aromatic N) is 3. The molecule has 0 aliphatic carbocycles. The SMILES string of the molecule is C[C@H](C(=O)Nc1ccccc1Cl)N(C)Cc1cnn(-c2ccccc2)c1. The van der Waals surface area contributed by atoms with Gasteiger partial charge in [-0.3, -0.25) is 9.69 Å². The van der Waals surface area contributed by atoms with Gasteiger partial charge in [-0.1, -0.05) is 41.9 Å². The highest BCUT2D eigenvalue weighted by Gasteiger charge is 2.19. The van der Waals surface area contributed by atoms with Gasteiger partial charge in [0.1, 0.15) is 0 Å². The Balaban J connectivity index is 1.62. The van der Waals surface area contributed by atoms with Crippen molar-refractivity contribution in [1.29, 1.82) is 0 Å². The van der Waals surface area contributed by atoms with Gasteiger partial charge in [0.2, 0.25) is 5.91 Å². The summed E-state index contributed by atoms with van der Waals surface area (Å²) < 4.78 is 1.83. The molecule has 0 spiro atoms. The van der Waals surface area contributed by atoms with E-state index in [0.717, 1.165) is 11.3 Å². The molecule has 6 heteroatoms. The van der Waals surface area contributed by atoms with Crippen molar-refractivity contribution in [1.82, 2.24) is 14.7 Å². The molecule has 0 unspecified atom stereocenters. The maximum absolute atomic E-state index is 12.5. The average Bonchev–Trinajstić information content (AvgIpc) is 3.12. The maximum Gasteiger partial charge on any atom is 0.241 e.